The molecule has 0 radical (unpaired) electrons. The van der Waals surface area contributed by atoms with Crippen LogP contribution < -0.4 is 5.32 Å². The van der Waals surface area contributed by atoms with Crippen LogP contribution in [-0.4, -0.2) is 40.9 Å². The van der Waals surface area contributed by atoms with E-state index in [2.05, 4.69) is 49.5 Å². The highest BCUT2D eigenvalue weighted by Gasteiger charge is 2.38. The molecule has 1 heterocycles. The van der Waals surface area contributed by atoms with E-state index in [1.165, 1.54) is 24.8 Å². The second-order valence-corrected chi connectivity index (χ2v) is 5.70. The fraction of sp³-hybridized carbons (Fsp3) is 0.786. The van der Waals surface area contributed by atoms with Crippen LogP contribution in [0.5, 0.6) is 0 Å². The summed E-state index contributed by atoms with van der Waals surface area (Å²) < 4.78 is 1.98. The lowest BCUT2D eigenvalue weighted by Gasteiger charge is -2.48. The highest BCUT2D eigenvalue weighted by Crippen LogP contribution is 2.35. The number of hydrogen-bond acceptors (Lipinski definition) is 3. The number of hydrogen-bond donors (Lipinski definition) is 1. The standard InChI is InChI=1S/C14H26N4/c1-5-18-10-13(9-16-18)12(2)15-11-14(17(3)4)7-6-8-14/h9-10,12,15H,5-8,11H2,1-4H3. The molecule has 4 heteroatoms. The summed E-state index contributed by atoms with van der Waals surface area (Å²) in [5.41, 5.74) is 1.67. The van der Waals surface area contributed by atoms with Gasteiger partial charge in [0.15, 0.2) is 0 Å². The number of aromatic nitrogens is 2. The summed E-state index contributed by atoms with van der Waals surface area (Å²) in [6.07, 6.45) is 8.11. The lowest BCUT2D eigenvalue weighted by Crippen LogP contribution is -2.56. The quantitative estimate of drug-likeness (QED) is 0.838. The molecule has 0 bridgehead atoms. The average molecular weight is 250 g/mol. The van der Waals surface area contributed by atoms with Crippen molar-refractivity contribution in [3.8, 4) is 0 Å². The summed E-state index contributed by atoms with van der Waals surface area (Å²) in [6, 6.07) is 0.378. The molecule has 0 aromatic carbocycles. The fourth-order valence-electron chi connectivity index (χ4n) is 2.60. The highest BCUT2D eigenvalue weighted by atomic mass is 15.3. The van der Waals surface area contributed by atoms with Gasteiger partial charge in [0.1, 0.15) is 0 Å². The number of rotatable bonds is 6. The minimum Gasteiger partial charge on any atom is -0.308 e. The second-order valence-electron chi connectivity index (χ2n) is 5.70. The maximum atomic E-state index is 4.34. The minimum absolute atomic E-state index is 0.378. The zero-order chi connectivity index (χ0) is 13.2. The second kappa shape index (κ2) is 5.41. The van der Waals surface area contributed by atoms with Gasteiger partial charge in [-0.2, -0.15) is 5.10 Å². The first-order valence-corrected chi connectivity index (χ1v) is 7.00. The van der Waals surface area contributed by atoms with Gasteiger partial charge >= 0.3 is 0 Å². The summed E-state index contributed by atoms with van der Waals surface area (Å²) in [5, 5.41) is 8.00. The van der Waals surface area contributed by atoms with Crippen LogP contribution in [-0.2, 0) is 6.54 Å². The van der Waals surface area contributed by atoms with Crippen molar-refractivity contribution in [2.75, 3.05) is 20.6 Å². The van der Waals surface area contributed by atoms with Gasteiger partial charge in [-0.25, -0.2) is 0 Å². The van der Waals surface area contributed by atoms with E-state index in [9.17, 15) is 0 Å². The Balaban J connectivity index is 1.89. The van der Waals surface area contributed by atoms with Gasteiger partial charge < -0.3 is 10.2 Å². The lowest BCUT2D eigenvalue weighted by atomic mass is 9.75. The first-order chi connectivity index (χ1) is 8.57. The van der Waals surface area contributed by atoms with E-state index in [4.69, 9.17) is 0 Å². The molecule has 0 amide bonds. The predicted molar refractivity (Wildman–Crippen MR) is 74.6 cm³/mol. The average Bonchev–Trinajstić information content (AvgIpc) is 2.75. The fourth-order valence-corrected chi connectivity index (χ4v) is 2.60. The monoisotopic (exact) mass is 250 g/mol. The van der Waals surface area contributed by atoms with Gasteiger partial charge in [0, 0.05) is 36.4 Å². The third kappa shape index (κ3) is 2.59. The lowest BCUT2D eigenvalue weighted by molar-refractivity contribution is 0.0576. The molecule has 4 nitrogen and oxygen atoms in total. The van der Waals surface area contributed by atoms with Crippen LogP contribution in [0.25, 0.3) is 0 Å². The summed E-state index contributed by atoms with van der Waals surface area (Å²) in [4.78, 5) is 2.38. The molecule has 0 spiro atoms. The van der Waals surface area contributed by atoms with E-state index in [1.807, 2.05) is 10.9 Å². The van der Waals surface area contributed by atoms with Crippen molar-refractivity contribution in [2.45, 2.75) is 51.2 Å². The predicted octanol–water partition coefficient (Wildman–Crippen LogP) is 2.04. The molecule has 1 atom stereocenters. The number of aryl methyl sites for hydroxylation is 1. The summed E-state index contributed by atoms with van der Waals surface area (Å²) in [5.74, 6) is 0. The van der Waals surface area contributed by atoms with Crippen molar-refractivity contribution in [2.24, 2.45) is 0 Å². The van der Waals surface area contributed by atoms with Crippen LogP contribution in [0, 0.1) is 0 Å². The van der Waals surface area contributed by atoms with E-state index in [-0.39, 0.29) is 0 Å². The molecule has 18 heavy (non-hydrogen) atoms. The first-order valence-electron chi connectivity index (χ1n) is 7.00. The van der Waals surface area contributed by atoms with E-state index < -0.39 is 0 Å². The Kier molecular flexibility index (Phi) is 4.07. The van der Waals surface area contributed by atoms with Gasteiger partial charge in [0.05, 0.1) is 6.20 Å². The van der Waals surface area contributed by atoms with Crippen molar-refractivity contribution >= 4 is 0 Å². The van der Waals surface area contributed by atoms with E-state index in [0.717, 1.165) is 13.1 Å². The largest absolute Gasteiger partial charge is 0.308 e. The molecular weight excluding hydrogens is 224 g/mol. The van der Waals surface area contributed by atoms with Gasteiger partial charge in [-0.05, 0) is 47.2 Å². The summed E-state index contributed by atoms with van der Waals surface area (Å²) in [7, 11) is 4.39. The Morgan fingerprint density at radius 1 is 1.50 bits per heavy atom. The van der Waals surface area contributed by atoms with Crippen LogP contribution in [0.2, 0.25) is 0 Å². The van der Waals surface area contributed by atoms with Crippen LogP contribution in [0.1, 0.15) is 44.7 Å². The number of likely N-dealkylation sites (N-methyl/N-ethyl adjacent to an activating group) is 1. The molecule has 1 saturated carbocycles. The normalized spacial score (nSPS) is 19.8. The molecule has 0 aliphatic heterocycles. The minimum atomic E-state index is 0.378. The van der Waals surface area contributed by atoms with Gasteiger partial charge in [-0.1, -0.05) is 0 Å². The van der Waals surface area contributed by atoms with E-state index >= 15 is 0 Å². The zero-order valence-electron chi connectivity index (χ0n) is 12.1. The number of nitrogens with one attached hydrogen (secondary N) is 1. The summed E-state index contributed by atoms with van der Waals surface area (Å²) >= 11 is 0. The van der Waals surface area contributed by atoms with E-state index in [1.54, 1.807) is 0 Å². The topological polar surface area (TPSA) is 33.1 Å². The zero-order valence-corrected chi connectivity index (χ0v) is 12.1. The Morgan fingerprint density at radius 3 is 2.67 bits per heavy atom. The molecule has 1 N–H and O–H groups in total. The molecule has 1 aliphatic carbocycles. The summed E-state index contributed by atoms with van der Waals surface area (Å²) in [6.45, 7) is 6.34. The van der Waals surface area contributed by atoms with E-state index in [0.29, 0.717) is 11.6 Å². The first kappa shape index (κ1) is 13.6. The number of nitrogens with zero attached hydrogens (tertiary/aromatic N) is 3. The third-order valence-corrected chi connectivity index (χ3v) is 4.45. The molecule has 1 aromatic heterocycles. The van der Waals surface area contributed by atoms with Gasteiger partial charge in [0.25, 0.3) is 0 Å². The van der Waals surface area contributed by atoms with Crippen LogP contribution >= 0.6 is 0 Å². The smallest absolute Gasteiger partial charge is 0.0537 e. The van der Waals surface area contributed by atoms with Crippen molar-refractivity contribution in [3.05, 3.63) is 18.0 Å². The molecule has 102 valence electrons. The van der Waals surface area contributed by atoms with Crippen LogP contribution in [0.4, 0.5) is 0 Å². The third-order valence-electron chi connectivity index (χ3n) is 4.45. The maximum Gasteiger partial charge on any atom is 0.0537 e. The van der Waals surface area contributed by atoms with Gasteiger partial charge in [-0.15, -0.1) is 0 Å². The molecule has 0 saturated heterocycles. The van der Waals surface area contributed by atoms with Crippen LogP contribution in [0.15, 0.2) is 12.4 Å². The Bertz CT molecular complexity index is 379. The van der Waals surface area contributed by atoms with Crippen molar-refractivity contribution in [1.29, 1.82) is 0 Å². The van der Waals surface area contributed by atoms with Gasteiger partial charge in [-0.3, -0.25) is 4.68 Å². The molecule has 1 fully saturated rings. The van der Waals surface area contributed by atoms with Gasteiger partial charge in [0.2, 0.25) is 0 Å². The SMILES string of the molecule is CCn1cc(C(C)NCC2(N(C)C)CCC2)cn1. The Morgan fingerprint density at radius 2 is 2.22 bits per heavy atom. The molecule has 1 aromatic rings. The van der Waals surface area contributed by atoms with Crippen molar-refractivity contribution < 1.29 is 0 Å². The van der Waals surface area contributed by atoms with Crippen LogP contribution in [0.3, 0.4) is 0 Å². The highest BCUT2D eigenvalue weighted by molar-refractivity contribution is 5.10. The molecule has 1 aliphatic rings. The Labute approximate surface area is 110 Å². The molecule has 2 rings (SSSR count). The van der Waals surface area contributed by atoms with Crippen molar-refractivity contribution in [3.63, 3.8) is 0 Å². The molecular formula is C14H26N4. The Hall–Kier alpha value is -0.870. The maximum absolute atomic E-state index is 4.34. The molecule has 1 unspecified atom stereocenters. The van der Waals surface area contributed by atoms with Crippen molar-refractivity contribution in [1.82, 2.24) is 20.0 Å².